The van der Waals surface area contributed by atoms with Gasteiger partial charge < -0.3 is 16.0 Å². The number of nitrogens with two attached hydrogens (primary N) is 1. The van der Waals surface area contributed by atoms with E-state index in [0.29, 0.717) is 11.4 Å². The molecule has 0 aromatic carbocycles. The van der Waals surface area contributed by atoms with E-state index in [4.69, 9.17) is 5.73 Å². The Labute approximate surface area is 138 Å². The molecule has 0 aliphatic carbocycles. The molecule has 1 aliphatic heterocycles. The Balaban J connectivity index is 1.70. The number of nitrogens with zero attached hydrogens (tertiary/aromatic N) is 2. The summed E-state index contributed by atoms with van der Waals surface area (Å²) in [7, 11) is 0. The van der Waals surface area contributed by atoms with Crippen molar-refractivity contribution in [2.24, 2.45) is 5.73 Å². The fourth-order valence-electron chi connectivity index (χ4n) is 2.53. The van der Waals surface area contributed by atoms with E-state index < -0.39 is 6.03 Å². The van der Waals surface area contributed by atoms with E-state index in [1.807, 2.05) is 12.2 Å². The second-order valence-corrected chi connectivity index (χ2v) is 6.37. The van der Waals surface area contributed by atoms with Gasteiger partial charge in [0.05, 0.1) is 11.2 Å². The molecule has 0 bridgehead atoms. The predicted molar refractivity (Wildman–Crippen MR) is 86.1 cm³/mol. The second-order valence-electron chi connectivity index (χ2n) is 5.52. The fourth-order valence-corrected chi connectivity index (χ4v) is 3.24. The topological polar surface area (TPSA) is 117 Å². The highest BCUT2D eigenvalue weighted by Crippen LogP contribution is 2.15. The molecule has 4 amide bonds. The highest BCUT2D eigenvalue weighted by molar-refractivity contribution is 7.11. The number of hydrogen-bond donors (Lipinski definition) is 3. The number of likely N-dealkylation sites (tertiary alicyclic amines) is 1. The van der Waals surface area contributed by atoms with Gasteiger partial charge in [-0.3, -0.25) is 14.9 Å². The van der Waals surface area contributed by atoms with Crippen LogP contribution in [0.2, 0.25) is 0 Å². The Morgan fingerprint density at radius 3 is 2.65 bits per heavy atom. The van der Waals surface area contributed by atoms with Gasteiger partial charge in [-0.05, 0) is 19.8 Å². The number of nitrogens with one attached hydrogen (secondary N) is 2. The maximum absolute atomic E-state index is 12.1. The number of carbonyl (C=O) groups is 3. The first-order valence-electron chi connectivity index (χ1n) is 7.48. The monoisotopic (exact) mass is 339 g/mol. The smallest absolute Gasteiger partial charge is 0.318 e. The molecule has 0 radical (unpaired) electrons. The van der Waals surface area contributed by atoms with Crippen molar-refractivity contribution in [1.82, 2.24) is 20.5 Å². The lowest BCUT2D eigenvalue weighted by Crippen LogP contribution is -2.45. The van der Waals surface area contributed by atoms with Crippen LogP contribution in [0.15, 0.2) is 5.51 Å². The molecule has 1 aliphatic rings. The summed E-state index contributed by atoms with van der Waals surface area (Å²) in [6.07, 6.45) is 1.90. The van der Waals surface area contributed by atoms with Crippen LogP contribution >= 0.6 is 11.3 Å². The standard InChI is InChI=1S/C14H21N5O3S/c1-9-12(23-8-16-9)13(21)17-10-2-5-19(6-3-10)7-4-11(20)18-14(15)22/h8,10H,2-7H2,1H3,(H,17,21)(H3,15,18,20,22). The molecule has 2 rings (SSSR count). The molecule has 1 aromatic rings. The summed E-state index contributed by atoms with van der Waals surface area (Å²) in [6, 6.07) is -0.686. The SMILES string of the molecule is Cc1ncsc1C(=O)NC1CCN(CCC(=O)NC(N)=O)CC1. The Kier molecular flexibility index (Phi) is 6.05. The van der Waals surface area contributed by atoms with E-state index in [-0.39, 0.29) is 24.3 Å². The molecule has 1 saturated heterocycles. The molecule has 0 spiro atoms. The van der Waals surface area contributed by atoms with Crippen molar-refractivity contribution in [1.29, 1.82) is 0 Å². The summed E-state index contributed by atoms with van der Waals surface area (Å²) in [6.45, 7) is 4.01. The third-order valence-corrected chi connectivity index (χ3v) is 4.72. The predicted octanol–water partition coefficient (Wildman–Crippen LogP) is 0.231. The number of carbonyl (C=O) groups excluding carboxylic acids is 3. The average molecular weight is 339 g/mol. The lowest BCUT2D eigenvalue weighted by atomic mass is 10.0. The van der Waals surface area contributed by atoms with Crippen molar-refractivity contribution < 1.29 is 14.4 Å². The number of rotatable bonds is 5. The molecule has 1 fully saturated rings. The Bertz CT molecular complexity index is 581. The highest BCUT2D eigenvalue weighted by atomic mass is 32.1. The third kappa shape index (κ3) is 5.29. The number of aromatic nitrogens is 1. The van der Waals surface area contributed by atoms with Gasteiger partial charge in [0, 0.05) is 32.1 Å². The van der Waals surface area contributed by atoms with E-state index in [0.717, 1.165) is 31.6 Å². The number of aryl methyl sites for hydroxylation is 1. The molecule has 8 nitrogen and oxygen atoms in total. The minimum atomic E-state index is -0.824. The van der Waals surface area contributed by atoms with Gasteiger partial charge in [0.2, 0.25) is 5.91 Å². The fraction of sp³-hybridized carbons (Fsp3) is 0.571. The maximum Gasteiger partial charge on any atom is 0.318 e. The molecule has 9 heteroatoms. The molecular formula is C14H21N5O3S. The molecule has 1 aromatic heterocycles. The van der Waals surface area contributed by atoms with Gasteiger partial charge in [-0.1, -0.05) is 0 Å². The van der Waals surface area contributed by atoms with Gasteiger partial charge in [0.15, 0.2) is 0 Å². The van der Waals surface area contributed by atoms with Crippen LogP contribution in [0, 0.1) is 6.92 Å². The number of urea groups is 1. The first-order valence-corrected chi connectivity index (χ1v) is 8.36. The Hall–Kier alpha value is -2.00. The van der Waals surface area contributed by atoms with Crippen LogP contribution in [0.3, 0.4) is 0 Å². The first kappa shape index (κ1) is 17.4. The molecule has 4 N–H and O–H groups in total. The van der Waals surface area contributed by atoms with Gasteiger partial charge in [0.1, 0.15) is 4.88 Å². The minimum Gasteiger partial charge on any atom is -0.351 e. The lowest BCUT2D eigenvalue weighted by Gasteiger charge is -2.32. The lowest BCUT2D eigenvalue weighted by molar-refractivity contribution is -0.120. The number of imide groups is 1. The number of hydrogen-bond acceptors (Lipinski definition) is 6. The molecular weight excluding hydrogens is 318 g/mol. The van der Waals surface area contributed by atoms with Crippen molar-refractivity contribution in [2.45, 2.75) is 32.2 Å². The Morgan fingerprint density at radius 1 is 1.39 bits per heavy atom. The number of primary amides is 1. The van der Waals surface area contributed by atoms with Gasteiger partial charge in [-0.2, -0.15) is 0 Å². The van der Waals surface area contributed by atoms with Crippen LogP contribution in [0.5, 0.6) is 0 Å². The van der Waals surface area contributed by atoms with Crippen LogP contribution in [0.1, 0.15) is 34.6 Å². The van der Waals surface area contributed by atoms with Crippen LogP contribution in [0.25, 0.3) is 0 Å². The van der Waals surface area contributed by atoms with Gasteiger partial charge in [0.25, 0.3) is 5.91 Å². The van der Waals surface area contributed by atoms with E-state index in [9.17, 15) is 14.4 Å². The normalized spacial score (nSPS) is 16.0. The largest absolute Gasteiger partial charge is 0.351 e. The van der Waals surface area contributed by atoms with Gasteiger partial charge in [-0.25, -0.2) is 9.78 Å². The third-order valence-electron chi connectivity index (χ3n) is 3.79. The van der Waals surface area contributed by atoms with Crippen LogP contribution < -0.4 is 16.4 Å². The van der Waals surface area contributed by atoms with Crippen LogP contribution in [0.4, 0.5) is 4.79 Å². The summed E-state index contributed by atoms with van der Waals surface area (Å²) in [5.74, 6) is -0.433. The first-order chi connectivity index (χ1) is 11.0. The zero-order valence-electron chi connectivity index (χ0n) is 13.0. The zero-order valence-corrected chi connectivity index (χ0v) is 13.8. The Morgan fingerprint density at radius 2 is 2.09 bits per heavy atom. The molecule has 23 heavy (non-hydrogen) atoms. The van der Waals surface area contributed by atoms with E-state index in [1.165, 1.54) is 11.3 Å². The van der Waals surface area contributed by atoms with E-state index in [2.05, 4.69) is 15.2 Å². The van der Waals surface area contributed by atoms with Gasteiger partial charge >= 0.3 is 6.03 Å². The quantitative estimate of drug-likeness (QED) is 0.710. The summed E-state index contributed by atoms with van der Waals surface area (Å²) >= 11 is 1.35. The number of thiazole rings is 1. The van der Waals surface area contributed by atoms with E-state index >= 15 is 0 Å². The zero-order chi connectivity index (χ0) is 16.8. The maximum atomic E-state index is 12.1. The molecule has 0 unspecified atom stereocenters. The molecule has 2 heterocycles. The molecule has 126 valence electrons. The highest BCUT2D eigenvalue weighted by Gasteiger charge is 2.22. The summed E-state index contributed by atoms with van der Waals surface area (Å²) in [5, 5.41) is 5.09. The van der Waals surface area contributed by atoms with Crippen molar-refractivity contribution in [3.8, 4) is 0 Å². The minimum absolute atomic E-state index is 0.0655. The van der Waals surface area contributed by atoms with Crippen molar-refractivity contribution in [3.05, 3.63) is 16.1 Å². The van der Waals surface area contributed by atoms with Gasteiger partial charge in [-0.15, -0.1) is 11.3 Å². The summed E-state index contributed by atoms with van der Waals surface area (Å²) < 4.78 is 0. The van der Waals surface area contributed by atoms with Crippen molar-refractivity contribution in [2.75, 3.05) is 19.6 Å². The van der Waals surface area contributed by atoms with Crippen molar-refractivity contribution in [3.63, 3.8) is 0 Å². The molecule has 0 saturated carbocycles. The number of amides is 4. The average Bonchev–Trinajstić information content (AvgIpc) is 2.92. The van der Waals surface area contributed by atoms with Crippen LogP contribution in [-0.4, -0.2) is 53.4 Å². The second kappa shape index (κ2) is 8.02. The summed E-state index contributed by atoms with van der Waals surface area (Å²) in [5.41, 5.74) is 7.31. The van der Waals surface area contributed by atoms with Crippen LogP contribution in [-0.2, 0) is 4.79 Å². The molecule has 0 atom stereocenters. The number of piperidine rings is 1. The van der Waals surface area contributed by atoms with Crippen molar-refractivity contribution >= 4 is 29.2 Å². The van der Waals surface area contributed by atoms with E-state index in [1.54, 1.807) is 5.51 Å². The summed E-state index contributed by atoms with van der Waals surface area (Å²) in [4.78, 5) is 41.0.